The molecular weight excluding hydrogens is 342 g/mol. The number of carbonyl (C=O) groups is 1. The van der Waals surface area contributed by atoms with E-state index in [0.29, 0.717) is 17.8 Å². The number of benzene rings is 1. The standard InChI is InChI=1S/C20H19N5O2/c26-19(12-16-15-7-1-2-8-17(15)27-23-16)24-10-5-6-14(13-24)20-22-21-18-9-3-4-11-25(18)20/h1-4,7-9,11,14H,5-6,10,12-13H2. The second-order valence-corrected chi connectivity index (χ2v) is 6.97. The van der Waals surface area contributed by atoms with Gasteiger partial charge in [0.25, 0.3) is 0 Å². The third-order valence-corrected chi connectivity index (χ3v) is 5.25. The molecule has 1 aliphatic heterocycles. The fraction of sp³-hybridized carbons (Fsp3) is 0.300. The Bertz CT molecular complexity index is 1120. The first-order chi connectivity index (χ1) is 13.3. The highest BCUT2D eigenvalue weighted by Gasteiger charge is 2.28. The third-order valence-electron chi connectivity index (χ3n) is 5.25. The van der Waals surface area contributed by atoms with Gasteiger partial charge in [0.1, 0.15) is 11.5 Å². The van der Waals surface area contributed by atoms with Crippen LogP contribution in [0.5, 0.6) is 0 Å². The molecule has 136 valence electrons. The summed E-state index contributed by atoms with van der Waals surface area (Å²) in [5.41, 5.74) is 2.25. The van der Waals surface area contributed by atoms with Crippen LogP contribution in [-0.4, -0.2) is 43.7 Å². The maximum atomic E-state index is 12.9. The van der Waals surface area contributed by atoms with Gasteiger partial charge in [-0.3, -0.25) is 9.20 Å². The predicted molar refractivity (Wildman–Crippen MR) is 99.3 cm³/mol. The van der Waals surface area contributed by atoms with Crippen molar-refractivity contribution in [3.05, 3.63) is 60.2 Å². The average molecular weight is 361 g/mol. The molecular formula is C20H19N5O2. The summed E-state index contributed by atoms with van der Waals surface area (Å²) < 4.78 is 7.34. The normalized spacial score (nSPS) is 17.6. The van der Waals surface area contributed by atoms with Crippen molar-refractivity contribution in [1.82, 2.24) is 24.7 Å². The molecule has 7 heteroatoms. The van der Waals surface area contributed by atoms with Crippen LogP contribution >= 0.6 is 0 Å². The van der Waals surface area contributed by atoms with Crippen molar-refractivity contribution in [2.24, 2.45) is 0 Å². The van der Waals surface area contributed by atoms with Crippen molar-refractivity contribution >= 4 is 22.5 Å². The first-order valence-electron chi connectivity index (χ1n) is 9.20. The molecule has 0 aliphatic carbocycles. The van der Waals surface area contributed by atoms with Gasteiger partial charge in [0.2, 0.25) is 5.91 Å². The molecule has 1 atom stereocenters. The molecule has 4 aromatic rings. The van der Waals surface area contributed by atoms with E-state index in [2.05, 4.69) is 15.4 Å². The molecule has 1 aromatic carbocycles. The number of hydrogen-bond donors (Lipinski definition) is 0. The number of fused-ring (bicyclic) bond motifs is 2. The largest absolute Gasteiger partial charge is 0.356 e. The van der Waals surface area contributed by atoms with Crippen LogP contribution in [0.4, 0.5) is 0 Å². The van der Waals surface area contributed by atoms with E-state index in [-0.39, 0.29) is 18.2 Å². The molecule has 27 heavy (non-hydrogen) atoms. The summed E-state index contributed by atoms with van der Waals surface area (Å²) in [5, 5.41) is 13.6. The summed E-state index contributed by atoms with van der Waals surface area (Å²) in [6.45, 7) is 1.42. The molecule has 1 amide bonds. The Morgan fingerprint density at radius 1 is 1.15 bits per heavy atom. The zero-order valence-electron chi connectivity index (χ0n) is 14.8. The minimum atomic E-state index is 0.0765. The molecule has 1 aliphatic rings. The van der Waals surface area contributed by atoms with Crippen molar-refractivity contribution in [1.29, 1.82) is 0 Å². The van der Waals surface area contributed by atoms with Crippen molar-refractivity contribution in [3.8, 4) is 0 Å². The highest BCUT2D eigenvalue weighted by Crippen LogP contribution is 2.27. The number of carbonyl (C=O) groups excluding carboxylic acids is 1. The van der Waals surface area contributed by atoms with Crippen molar-refractivity contribution < 1.29 is 9.32 Å². The minimum absolute atomic E-state index is 0.0765. The van der Waals surface area contributed by atoms with Gasteiger partial charge in [-0.15, -0.1) is 10.2 Å². The van der Waals surface area contributed by atoms with Gasteiger partial charge >= 0.3 is 0 Å². The van der Waals surface area contributed by atoms with E-state index in [9.17, 15) is 4.79 Å². The number of amides is 1. The van der Waals surface area contributed by atoms with E-state index in [1.54, 1.807) is 0 Å². The highest BCUT2D eigenvalue weighted by atomic mass is 16.5. The van der Waals surface area contributed by atoms with Gasteiger partial charge < -0.3 is 9.42 Å². The third kappa shape index (κ3) is 2.85. The summed E-state index contributed by atoms with van der Waals surface area (Å²) in [4.78, 5) is 14.8. The van der Waals surface area contributed by atoms with Gasteiger partial charge in [0, 0.05) is 30.6 Å². The van der Waals surface area contributed by atoms with Crippen LogP contribution in [0.2, 0.25) is 0 Å². The lowest BCUT2D eigenvalue weighted by atomic mass is 9.96. The molecule has 7 nitrogen and oxygen atoms in total. The molecule has 0 radical (unpaired) electrons. The van der Waals surface area contributed by atoms with Crippen LogP contribution in [0.15, 0.2) is 53.2 Å². The van der Waals surface area contributed by atoms with Crippen molar-refractivity contribution in [2.75, 3.05) is 13.1 Å². The van der Waals surface area contributed by atoms with E-state index in [0.717, 1.165) is 36.2 Å². The number of aromatic nitrogens is 4. The summed E-state index contributed by atoms with van der Waals surface area (Å²) >= 11 is 0. The zero-order valence-corrected chi connectivity index (χ0v) is 14.8. The molecule has 1 fully saturated rings. The molecule has 0 bridgehead atoms. The van der Waals surface area contributed by atoms with Crippen LogP contribution in [0.25, 0.3) is 16.6 Å². The van der Waals surface area contributed by atoms with Crippen LogP contribution in [0.1, 0.15) is 30.3 Å². The van der Waals surface area contributed by atoms with E-state index in [1.165, 1.54) is 0 Å². The second kappa shape index (κ2) is 6.50. The molecule has 1 saturated heterocycles. The van der Waals surface area contributed by atoms with Crippen LogP contribution in [0, 0.1) is 0 Å². The number of para-hydroxylation sites is 1. The number of likely N-dealkylation sites (tertiary alicyclic amines) is 1. The quantitative estimate of drug-likeness (QED) is 0.561. The fourth-order valence-electron chi connectivity index (χ4n) is 3.87. The van der Waals surface area contributed by atoms with E-state index >= 15 is 0 Å². The van der Waals surface area contributed by atoms with E-state index in [4.69, 9.17) is 4.52 Å². The maximum Gasteiger partial charge on any atom is 0.228 e. The second-order valence-electron chi connectivity index (χ2n) is 6.97. The molecule has 3 aromatic heterocycles. The lowest BCUT2D eigenvalue weighted by molar-refractivity contribution is -0.131. The van der Waals surface area contributed by atoms with Crippen molar-refractivity contribution in [2.45, 2.75) is 25.2 Å². The Morgan fingerprint density at radius 3 is 3.00 bits per heavy atom. The topological polar surface area (TPSA) is 76.5 Å². The number of piperidine rings is 1. The number of nitrogens with zero attached hydrogens (tertiary/aromatic N) is 5. The lowest BCUT2D eigenvalue weighted by Crippen LogP contribution is -2.40. The Morgan fingerprint density at radius 2 is 2.04 bits per heavy atom. The first-order valence-corrected chi connectivity index (χ1v) is 9.20. The highest BCUT2D eigenvalue weighted by molar-refractivity contribution is 5.86. The monoisotopic (exact) mass is 361 g/mol. The average Bonchev–Trinajstić information content (AvgIpc) is 3.33. The summed E-state index contributed by atoms with van der Waals surface area (Å²) in [6, 6.07) is 13.5. The van der Waals surface area contributed by atoms with Gasteiger partial charge in [-0.1, -0.05) is 23.4 Å². The Hall–Kier alpha value is -3.22. The molecule has 4 heterocycles. The Kier molecular flexibility index (Phi) is 3.85. The van der Waals surface area contributed by atoms with Crippen molar-refractivity contribution in [3.63, 3.8) is 0 Å². The fourth-order valence-corrected chi connectivity index (χ4v) is 3.87. The minimum Gasteiger partial charge on any atom is -0.356 e. The van der Waals surface area contributed by atoms with E-state index in [1.807, 2.05) is 58.0 Å². The van der Waals surface area contributed by atoms with Gasteiger partial charge in [-0.25, -0.2) is 0 Å². The maximum absolute atomic E-state index is 12.9. The summed E-state index contributed by atoms with van der Waals surface area (Å²) in [6.07, 6.45) is 4.20. The number of rotatable bonds is 3. The Labute approximate surface area is 155 Å². The molecule has 0 spiro atoms. The lowest BCUT2D eigenvalue weighted by Gasteiger charge is -2.31. The molecule has 0 N–H and O–H groups in total. The number of pyridine rings is 1. The molecule has 0 saturated carbocycles. The summed E-state index contributed by atoms with van der Waals surface area (Å²) in [5.74, 6) is 1.19. The summed E-state index contributed by atoms with van der Waals surface area (Å²) in [7, 11) is 0. The van der Waals surface area contributed by atoms with Gasteiger partial charge in [0.05, 0.1) is 6.42 Å². The first kappa shape index (κ1) is 16.0. The van der Waals surface area contributed by atoms with Crippen LogP contribution in [-0.2, 0) is 11.2 Å². The van der Waals surface area contributed by atoms with Gasteiger partial charge in [-0.05, 0) is 37.1 Å². The predicted octanol–water partition coefficient (Wildman–Crippen LogP) is 2.82. The van der Waals surface area contributed by atoms with Gasteiger partial charge in [-0.2, -0.15) is 0 Å². The number of hydrogen-bond acceptors (Lipinski definition) is 5. The zero-order chi connectivity index (χ0) is 18.2. The smallest absolute Gasteiger partial charge is 0.228 e. The van der Waals surface area contributed by atoms with Crippen LogP contribution < -0.4 is 0 Å². The van der Waals surface area contributed by atoms with E-state index < -0.39 is 0 Å². The molecule has 5 rings (SSSR count). The Balaban J connectivity index is 1.35. The molecule has 1 unspecified atom stereocenters. The SMILES string of the molecule is O=C(Cc1noc2ccccc12)N1CCCC(c2nnc3ccccn23)C1. The van der Waals surface area contributed by atoms with Crippen LogP contribution in [0.3, 0.4) is 0 Å². The van der Waals surface area contributed by atoms with Gasteiger partial charge in [0.15, 0.2) is 11.2 Å².